The highest BCUT2D eigenvalue weighted by Gasteiger charge is 2.87. The van der Waals surface area contributed by atoms with Crippen LogP contribution in [-0.4, -0.2) is 39.8 Å². The van der Waals surface area contributed by atoms with E-state index < -0.39 is 33.7 Å². The number of carbonyl (C=O) groups excluding carboxylic acids is 2. The summed E-state index contributed by atoms with van der Waals surface area (Å²) in [6, 6.07) is 0. The van der Waals surface area contributed by atoms with Gasteiger partial charge in [-0.15, -0.1) is 0 Å². The Hall–Kier alpha value is -1.20. The van der Waals surface area contributed by atoms with Gasteiger partial charge in [-0.1, -0.05) is 34.3 Å². The molecule has 0 aromatic carbocycles. The highest BCUT2D eigenvalue weighted by Crippen LogP contribution is 2.76. The molecule has 1 saturated heterocycles. The third-order valence-corrected chi connectivity index (χ3v) is 8.54. The van der Waals surface area contributed by atoms with Crippen LogP contribution >= 0.6 is 0 Å². The Morgan fingerprint density at radius 2 is 2.00 bits per heavy atom. The van der Waals surface area contributed by atoms with Gasteiger partial charge in [0.2, 0.25) is 0 Å². The second kappa shape index (κ2) is 5.24. The van der Waals surface area contributed by atoms with E-state index in [1.54, 1.807) is 0 Å². The van der Waals surface area contributed by atoms with Crippen molar-refractivity contribution in [2.75, 3.05) is 0 Å². The van der Waals surface area contributed by atoms with Gasteiger partial charge in [0.05, 0.1) is 5.60 Å². The van der Waals surface area contributed by atoms with Crippen LogP contribution in [0.5, 0.6) is 0 Å². The van der Waals surface area contributed by atoms with E-state index in [4.69, 9.17) is 9.47 Å². The van der Waals surface area contributed by atoms with Crippen LogP contribution in [0.15, 0.2) is 12.2 Å². The third-order valence-electron chi connectivity index (χ3n) is 8.54. The number of aliphatic hydroxyl groups is 1. The van der Waals surface area contributed by atoms with E-state index in [1.165, 1.54) is 6.92 Å². The molecule has 1 heterocycles. The number of carbonyl (C=O) groups is 2. The number of esters is 1. The number of rotatable bonds is 2. The molecular weight excluding hydrogens is 344 g/mol. The first kappa shape index (κ1) is 19.1. The van der Waals surface area contributed by atoms with Crippen molar-refractivity contribution >= 4 is 11.8 Å². The first-order valence-electron chi connectivity index (χ1n) is 10.2. The minimum atomic E-state index is -1.25. The fourth-order valence-electron chi connectivity index (χ4n) is 6.90. The van der Waals surface area contributed by atoms with Gasteiger partial charge in [-0.3, -0.25) is 9.59 Å². The fraction of sp³-hybridized carbons (Fsp3) is 0.818. The van der Waals surface area contributed by atoms with E-state index in [0.717, 1.165) is 18.4 Å². The smallest absolute Gasteiger partial charge is 0.302 e. The number of hydrogen-bond donors (Lipinski definition) is 1. The summed E-state index contributed by atoms with van der Waals surface area (Å²) in [5.74, 6) is -0.0867. The standard InChI is InChI=1S/C22H32O5/c1-13(2)21-10-9-18(5)12-20(25)14(3)7-8-17(26-15(4)23)19(20,6)11-16(24)22(18,21)27-21/h13,17,25H,3,7-12H2,1-2,4-6H3. The maximum atomic E-state index is 13.7. The van der Waals surface area contributed by atoms with Crippen molar-refractivity contribution in [2.24, 2.45) is 16.7 Å². The molecule has 27 heavy (non-hydrogen) atoms. The molecule has 3 aliphatic carbocycles. The van der Waals surface area contributed by atoms with Crippen LogP contribution in [0, 0.1) is 16.7 Å². The normalized spacial score (nSPS) is 51.3. The Balaban J connectivity index is 1.84. The molecule has 5 heteroatoms. The SMILES string of the molecule is C=C1CCC(OC(C)=O)C2(C)CC(=O)C34OC3(C(C)C)CCC4(C)CC12O. The highest BCUT2D eigenvalue weighted by atomic mass is 16.6. The molecule has 0 amide bonds. The second-order valence-corrected chi connectivity index (χ2v) is 10.2. The van der Waals surface area contributed by atoms with E-state index in [0.29, 0.717) is 19.3 Å². The largest absolute Gasteiger partial charge is 0.462 e. The average molecular weight is 376 g/mol. The molecule has 0 aromatic heterocycles. The van der Waals surface area contributed by atoms with Crippen molar-refractivity contribution in [2.45, 2.75) is 96.1 Å². The van der Waals surface area contributed by atoms with Crippen molar-refractivity contribution < 1.29 is 24.2 Å². The third kappa shape index (κ3) is 1.97. The lowest BCUT2D eigenvalue weighted by Crippen LogP contribution is -2.59. The summed E-state index contributed by atoms with van der Waals surface area (Å²) < 4.78 is 12.0. The molecule has 0 bridgehead atoms. The number of ether oxygens (including phenoxy) is 2. The predicted molar refractivity (Wildman–Crippen MR) is 100.0 cm³/mol. The molecule has 4 rings (SSSR count). The predicted octanol–water partition coefficient (Wildman–Crippen LogP) is 3.33. The van der Waals surface area contributed by atoms with E-state index in [-0.39, 0.29) is 24.1 Å². The summed E-state index contributed by atoms with van der Waals surface area (Å²) in [4.78, 5) is 25.4. The molecule has 150 valence electrons. The van der Waals surface area contributed by atoms with Crippen LogP contribution in [-0.2, 0) is 19.1 Å². The molecule has 4 aliphatic rings. The summed E-state index contributed by atoms with van der Waals surface area (Å²) >= 11 is 0. The van der Waals surface area contributed by atoms with Crippen molar-refractivity contribution in [3.63, 3.8) is 0 Å². The molecule has 5 nitrogen and oxygen atoms in total. The zero-order valence-electron chi connectivity index (χ0n) is 17.2. The van der Waals surface area contributed by atoms with Crippen LogP contribution in [0.25, 0.3) is 0 Å². The number of hydrogen-bond acceptors (Lipinski definition) is 5. The molecule has 1 aliphatic heterocycles. The van der Waals surface area contributed by atoms with Gasteiger partial charge in [0.1, 0.15) is 11.7 Å². The Bertz CT molecular complexity index is 743. The zero-order valence-corrected chi connectivity index (χ0v) is 17.2. The lowest BCUT2D eigenvalue weighted by atomic mass is 9.56. The van der Waals surface area contributed by atoms with Crippen LogP contribution < -0.4 is 0 Å². The highest BCUT2D eigenvalue weighted by molar-refractivity contribution is 5.95. The molecular formula is C22H32O5. The van der Waals surface area contributed by atoms with Crippen LogP contribution in [0.1, 0.15) is 73.1 Å². The van der Waals surface area contributed by atoms with Gasteiger partial charge in [-0.05, 0) is 43.6 Å². The summed E-state index contributed by atoms with van der Waals surface area (Å²) in [6.07, 6.45) is 2.94. The van der Waals surface area contributed by atoms with Gasteiger partial charge < -0.3 is 14.6 Å². The maximum Gasteiger partial charge on any atom is 0.302 e. The molecule has 1 N–H and O–H groups in total. The molecule has 0 radical (unpaired) electrons. The molecule has 6 atom stereocenters. The lowest BCUT2D eigenvalue weighted by molar-refractivity contribution is -0.181. The Morgan fingerprint density at radius 1 is 1.33 bits per heavy atom. The van der Waals surface area contributed by atoms with Crippen molar-refractivity contribution in [3.05, 3.63) is 12.2 Å². The number of Topliss-reactive ketones (excluding diaryl/α,β-unsaturated/α-hetero) is 1. The summed E-state index contributed by atoms with van der Waals surface area (Å²) in [5, 5.41) is 12.0. The average Bonchev–Trinajstić information content (AvgIpc) is 3.21. The number of ketones is 1. The Morgan fingerprint density at radius 3 is 2.56 bits per heavy atom. The topological polar surface area (TPSA) is 76.1 Å². The van der Waals surface area contributed by atoms with Crippen LogP contribution in [0.3, 0.4) is 0 Å². The van der Waals surface area contributed by atoms with Crippen molar-refractivity contribution in [1.82, 2.24) is 0 Å². The Kier molecular flexibility index (Phi) is 3.71. The van der Waals surface area contributed by atoms with Crippen LogP contribution in [0.4, 0.5) is 0 Å². The van der Waals surface area contributed by atoms with E-state index in [9.17, 15) is 14.7 Å². The van der Waals surface area contributed by atoms with E-state index in [1.807, 2.05) is 6.92 Å². The van der Waals surface area contributed by atoms with Gasteiger partial charge in [-0.2, -0.15) is 0 Å². The molecule has 3 saturated carbocycles. The van der Waals surface area contributed by atoms with Crippen molar-refractivity contribution in [1.29, 1.82) is 0 Å². The summed E-state index contributed by atoms with van der Waals surface area (Å²) in [7, 11) is 0. The number of epoxide rings is 1. The molecule has 6 unspecified atom stereocenters. The van der Waals surface area contributed by atoms with E-state index in [2.05, 4.69) is 27.4 Å². The van der Waals surface area contributed by atoms with Gasteiger partial charge in [-0.25, -0.2) is 0 Å². The van der Waals surface area contributed by atoms with Gasteiger partial charge in [0.15, 0.2) is 11.4 Å². The Labute approximate surface area is 161 Å². The van der Waals surface area contributed by atoms with Gasteiger partial charge >= 0.3 is 5.97 Å². The van der Waals surface area contributed by atoms with E-state index >= 15 is 0 Å². The molecule has 4 fully saturated rings. The zero-order chi connectivity index (χ0) is 20.0. The van der Waals surface area contributed by atoms with Crippen LogP contribution in [0.2, 0.25) is 0 Å². The lowest BCUT2D eigenvalue weighted by Gasteiger charge is -2.53. The summed E-state index contributed by atoms with van der Waals surface area (Å²) in [6.45, 7) is 13.8. The monoisotopic (exact) mass is 376 g/mol. The second-order valence-electron chi connectivity index (χ2n) is 10.2. The summed E-state index contributed by atoms with van der Waals surface area (Å²) in [5.41, 5.74) is -3.08. The molecule has 0 aromatic rings. The minimum absolute atomic E-state index is 0.0569. The van der Waals surface area contributed by atoms with Gasteiger partial charge in [0, 0.05) is 24.2 Å². The number of fused-ring (bicyclic) bond motifs is 1. The fourth-order valence-corrected chi connectivity index (χ4v) is 6.90. The van der Waals surface area contributed by atoms with Crippen molar-refractivity contribution in [3.8, 4) is 0 Å². The maximum absolute atomic E-state index is 13.7. The molecule has 1 spiro atoms. The minimum Gasteiger partial charge on any atom is -0.462 e. The first-order valence-corrected chi connectivity index (χ1v) is 10.2. The van der Waals surface area contributed by atoms with Gasteiger partial charge in [0.25, 0.3) is 0 Å². The first-order chi connectivity index (χ1) is 12.4. The quantitative estimate of drug-likeness (QED) is 0.454.